The second kappa shape index (κ2) is 5.91. The van der Waals surface area contributed by atoms with E-state index in [1.807, 2.05) is 4.90 Å². The van der Waals surface area contributed by atoms with Gasteiger partial charge in [0.1, 0.15) is 11.5 Å². The van der Waals surface area contributed by atoms with Crippen LogP contribution in [0.5, 0.6) is 0 Å². The van der Waals surface area contributed by atoms with Gasteiger partial charge in [0.25, 0.3) is 5.56 Å². The zero-order chi connectivity index (χ0) is 17.6. The molecule has 0 spiro atoms. The minimum atomic E-state index is -0.896. The van der Waals surface area contributed by atoms with Crippen LogP contribution in [0, 0.1) is 17.5 Å². The van der Waals surface area contributed by atoms with Gasteiger partial charge in [-0.2, -0.15) is 0 Å². The van der Waals surface area contributed by atoms with Crippen molar-refractivity contribution < 1.29 is 13.2 Å². The van der Waals surface area contributed by atoms with E-state index in [2.05, 4.69) is 4.98 Å². The average Bonchev–Trinajstić information content (AvgIpc) is 2.57. The third kappa shape index (κ3) is 2.86. The van der Waals surface area contributed by atoms with Gasteiger partial charge in [-0.1, -0.05) is 0 Å². The van der Waals surface area contributed by atoms with Gasteiger partial charge in [0, 0.05) is 30.6 Å². The number of aromatic nitrogens is 2. The van der Waals surface area contributed by atoms with Crippen molar-refractivity contribution in [1.82, 2.24) is 9.38 Å². The van der Waals surface area contributed by atoms with Crippen LogP contribution in [0.2, 0.25) is 0 Å². The van der Waals surface area contributed by atoms with Crippen LogP contribution in [0.25, 0.3) is 5.65 Å². The lowest BCUT2D eigenvalue weighted by molar-refractivity contribution is 0.504. The fourth-order valence-corrected chi connectivity index (χ4v) is 3.22. The van der Waals surface area contributed by atoms with Crippen molar-refractivity contribution in [3.05, 3.63) is 75.6 Å². The molecule has 1 aliphatic rings. The quantitative estimate of drug-likeness (QED) is 0.716. The van der Waals surface area contributed by atoms with E-state index in [0.29, 0.717) is 36.5 Å². The SMILES string of the molecule is O=c1cc(CN2CCCc3cc(F)c(F)cc32)nc2ccc(F)cn12. The van der Waals surface area contributed by atoms with Gasteiger partial charge in [0.2, 0.25) is 0 Å². The standard InChI is InChI=1S/C18H14F3N3O/c19-12-3-4-17-22-13(7-18(25)24(17)9-12)10-23-5-1-2-11-6-14(20)15(21)8-16(11)23/h3-4,6-9H,1-2,5,10H2. The second-order valence-electron chi connectivity index (χ2n) is 6.08. The lowest BCUT2D eigenvalue weighted by atomic mass is 10.0. The second-order valence-corrected chi connectivity index (χ2v) is 6.08. The van der Waals surface area contributed by atoms with E-state index in [-0.39, 0.29) is 5.56 Å². The fraction of sp³-hybridized carbons (Fsp3) is 0.222. The van der Waals surface area contributed by atoms with Crippen LogP contribution in [-0.2, 0) is 13.0 Å². The van der Waals surface area contributed by atoms with Crippen molar-refractivity contribution in [2.24, 2.45) is 0 Å². The van der Waals surface area contributed by atoms with Gasteiger partial charge in [-0.25, -0.2) is 18.2 Å². The highest BCUT2D eigenvalue weighted by atomic mass is 19.2. The van der Waals surface area contributed by atoms with Crippen molar-refractivity contribution in [2.75, 3.05) is 11.4 Å². The molecule has 3 aromatic rings. The maximum Gasteiger partial charge on any atom is 0.258 e. The molecule has 0 radical (unpaired) electrons. The van der Waals surface area contributed by atoms with Crippen molar-refractivity contribution in [3.63, 3.8) is 0 Å². The minimum Gasteiger partial charge on any atom is -0.365 e. The van der Waals surface area contributed by atoms with Crippen LogP contribution in [0.15, 0.2) is 41.3 Å². The monoisotopic (exact) mass is 345 g/mol. The highest BCUT2D eigenvalue weighted by Crippen LogP contribution is 2.30. The summed E-state index contributed by atoms with van der Waals surface area (Å²) in [6, 6.07) is 6.41. The molecule has 3 heterocycles. The third-order valence-corrected chi connectivity index (χ3v) is 4.37. The number of halogens is 3. The van der Waals surface area contributed by atoms with Gasteiger partial charge in [0.15, 0.2) is 11.6 Å². The molecule has 7 heteroatoms. The summed E-state index contributed by atoms with van der Waals surface area (Å²) in [6.45, 7) is 0.948. The molecule has 2 aromatic heterocycles. The number of benzene rings is 1. The molecule has 0 unspecified atom stereocenters. The van der Waals surface area contributed by atoms with E-state index in [1.54, 1.807) is 0 Å². The molecule has 0 bridgehead atoms. The van der Waals surface area contributed by atoms with Gasteiger partial charge < -0.3 is 4.90 Å². The Hall–Kier alpha value is -2.83. The number of fused-ring (bicyclic) bond motifs is 2. The summed E-state index contributed by atoms with van der Waals surface area (Å²) in [5, 5.41) is 0. The molecule has 4 nitrogen and oxygen atoms in total. The highest BCUT2D eigenvalue weighted by molar-refractivity contribution is 5.56. The van der Waals surface area contributed by atoms with Crippen LogP contribution in [0.4, 0.5) is 18.9 Å². The summed E-state index contributed by atoms with van der Waals surface area (Å²) in [4.78, 5) is 18.4. The molecule has 25 heavy (non-hydrogen) atoms. The van der Waals surface area contributed by atoms with Crippen molar-refractivity contribution in [1.29, 1.82) is 0 Å². The predicted octanol–water partition coefficient (Wildman–Crippen LogP) is 3.06. The molecule has 0 fully saturated rings. The molecule has 128 valence electrons. The largest absolute Gasteiger partial charge is 0.365 e. The molecule has 1 aliphatic heterocycles. The maximum atomic E-state index is 13.6. The molecule has 0 N–H and O–H groups in total. The molecule has 0 atom stereocenters. The molecule has 0 amide bonds. The summed E-state index contributed by atoms with van der Waals surface area (Å²) in [6.07, 6.45) is 2.56. The Morgan fingerprint density at radius 1 is 1.08 bits per heavy atom. The van der Waals surface area contributed by atoms with Gasteiger partial charge in [-0.15, -0.1) is 0 Å². The Morgan fingerprint density at radius 2 is 1.88 bits per heavy atom. The van der Waals surface area contributed by atoms with Crippen LogP contribution < -0.4 is 10.5 Å². The zero-order valence-corrected chi connectivity index (χ0v) is 13.2. The Kier molecular flexibility index (Phi) is 3.71. The van der Waals surface area contributed by atoms with E-state index in [4.69, 9.17) is 0 Å². The normalized spacial score (nSPS) is 14.0. The molecule has 0 saturated carbocycles. The average molecular weight is 345 g/mol. The Balaban J connectivity index is 1.72. The minimum absolute atomic E-state index is 0.293. The topological polar surface area (TPSA) is 37.6 Å². The smallest absolute Gasteiger partial charge is 0.258 e. The van der Waals surface area contributed by atoms with Gasteiger partial charge >= 0.3 is 0 Å². The summed E-state index contributed by atoms with van der Waals surface area (Å²) in [7, 11) is 0. The van der Waals surface area contributed by atoms with E-state index in [9.17, 15) is 18.0 Å². The fourth-order valence-electron chi connectivity index (χ4n) is 3.22. The van der Waals surface area contributed by atoms with Gasteiger partial charge in [-0.05, 0) is 36.6 Å². The number of hydrogen-bond acceptors (Lipinski definition) is 3. The lowest BCUT2D eigenvalue weighted by Crippen LogP contribution is -2.30. The summed E-state index contributed by atoms with van der Waals surface area (Å²) in [5.41, 5.74) is 1.80. The third-order valence-electron chi connectivity index (χ3n) is 4.37. The summed E-state index contributed by atoms with van der Waals surface area (Å²) in [5.74, 6) is -2.27. The summed E-state index contributed by atoms with van der Waals surface area (Å²) >= 11 is 0. The Bertz CT molecular complexity index is 1030. The first-order valence-corrected chi connectivity index (χ1v) is 7.92. The molecule has 0 aliphatic carbocycles. The summed E-state index contributed by atoms with van der Waals surface area (Å²) < 4.78 is 41.5. The van der Waals surface area contributed by atoms with Gasteiger partial charge in [0.05, 0.1) is 12.2 Å². The number of pyridine rings is 1. The van der Waals surface area contributed by atoms with E-state index in [1.165, 1.54) is 30.3 Å². The van der Waals surface area contributed by atoms with Gasteiger partial charge in [-0.3, -0.25) is 9.20 Å². The molecule has 4 rings (SSSR count). The molecular weight excluding hydrogens is 331 g/mol. The Labute approximate surface area is 141 Å². The van der Waals surface area contributed by atoms with Crippen LogP contribution in [0.3, 0.4) is 0 Å². The molecule has 0 saturated heterocycles. The molecule has 1 aromatic carbocycles. The van der Waals surface area contributed by atoms with Crippen LogP contribution >= 0.6 is 0 Å². The number of aryl methyl sites for hydroxylation is 1. The van der Waals surface area contributed by atoms with Crippen LogP contribution in [0.1, 0.15) is 17.7 Å². The number of rotatable bonds is 2. The van der Waals surface area contributed by atoms with E-state index >= 15 is 0 Å². The van der Waals surface area contributed by atoms with Crippen LogP contribution in [-0.4, -0.2) is 15.9 Å². The predicted molar refractivity (Wildman–Crippen MR) is 87.1 cm³/mol. The first kappa shape index (κ1) is 15.7. The first-order valence-electron chi connectivity index (χ1n) is 7.92. The number of nitrogens with zero attached hydrogens (tertiary/aromatic N) is 3. The maximum absolute atomic E-state index is 13.6. The molecular formula is C18H14F3N3O. The van der Waals surface area contributed by atoms with Crippen molar-refractivity contribution >= 4 is 11.3 Å². The highest BCUT2D eigenvalue weighted by Gasteiger charge is 2.20. The number of hydrogen-bond donors (Lipinski definition) is 0. The van der Waals surface area contributed by atoms with Crippen molar-refractivity contribution in [3.8, 4) is 0 Å². The van der Waals surface area contributed by atoms with E-state index in [0.717, 1.165) is 22.6 Å². The zero-order valence-electron chi connectivity index (χ0n) is 13.2. The number of anilines is 1. The first-order chi connectivity index (χ1) is 12.0. The Morgan fingerprint density at radius 3 is 2.72 bits per heavy atom. The van der Waals surface area contributed by atoms with E-state index < -0.39 is 17.5 Å². The van der Waals surface area contributed by atoms with Crippen molar-refractivity contribution in [2.45, 2.75) is 19.4 Å². The lowest BCUT2D eigenvalue weighted by Gasteiger charge is -2.31.